The second-order valence-electron chi connectivity index (χ2n) is 2.82. The van der Waals surface area contributed by atoms with Crippen molar-refractivity contribution >= 4 is 22.6 Å². The lowest BCUT2D eigenvalue weighted by Crippen LogP contribution is -2.04. The fraction of sp³-hybridized carbons (Fsp3) is 0.333. The van der Waals surface area contributed by atoms with Crippen molar-refractivity contribution in [1.82, 2.24) is 0 Å². The van der Waals surface area contributed by atoms with Crippen LogP contribution >= 0.6 is 22.6 Å². The third-order valence-corrected chi connectivity index (χ3v) is 2.27. The Labute approximate surface area is 84.1 Å². The highest BCUT2D eigenvalue weighted by Gasteiger charge is 2.28. The van der Waals surface area contributed by atoms with Crippen LogP contribution in [0.5, 0.6) is 0 Å². The van der Waals surface area contributed by atoms with Gasteiger partial charge in [0.15, 0.2) is 0 Å². The molecule has 0 aliphatic carbocycles. The quantitative estimate of drug-likeness (QED) is 0.543. The molecule has 1 aromatic rings. The van der Waals surface area contributed by atoms with E-state index >= 15 is 0 Å². The minimum atomic E-state index is -2.75. The first kappa shape index (κ1) is 9.89. The SMILES string of the molecule is Cc1ccc(C(F)(F)I)c(C)c1. The average Bonchev–Trinajstić information content (AvgIpc) is 1.83. The normalized spacial score (nSPS) is 11.8. The van der Waals surface area contributed by atoms with E-state index in [-0.39, 0.29) is 5.56 Å². The zero-order valence-electron chi connectivity index (χ0n) is 6.87. The van der Waals surface area contributed by atoms with Gasteiger partial charge in [0.2, 0.25) is 0 Å². The smallest absolute Gasteiger partial charge is 0.189 e. The summed E-state index contributed by atoms with van der Waals surface area (Å²) in [6, 6.07) is 4.95. The number of alkyl halides is 3. The minimum Gasteiger partial charge on any atom is -0.189 e. The van der Waals surface area contributed by atoms with Crippen LogP contribution in [0, 0.1) is 13.8 Å². The predicted molar refractivity (Wildman–Crippen MR) is 53.8 cm³/mol. The van der Waals surface area contributed by atoms with E-state index in [9.17, 15) is 8.78 Å². The summed E-state index contributed by atoms with van der Waals surface area (Å²) in [4.78, 5) is 0. The first-order valence-electron chi connectivity index (χ1n) is 3.55. The van der Waals surface area contributed by atoms with Crippen LogP contribution in [0.25, 0.3) is 0 Å². The molecular formula is C9H9F2I. The van der Waals surface area contributed by atoms with E-state index in [0.717, 1.165) is 28.2 Å². The van der Waals surface area contributed by atoms with Crippen molar-refractivity contribution in [1.29, 1.82) is 0 Å². The van der Waals surface area contributed by atoms with Gasteiger partial charge in [0.25, 0.3) is 0 Å². The largest absolute Gasteiger partial charge is 0.321 e. The number of benzene rings is 1. The summed E-state index contributed by atoms with van der Waals surface area (Å²) in [5.74, 6) is 0. The Bertz CT molecular complexity index is 289. The molecule has 0 heterocycles. The van der Waals surface area contributed by atoms with Crippen LogP contribution in [0.15, 0.2) is 18.2 Å². The molecule has 0 radical (unpaired) electrons. The van der Waals surface area contributed by atoms with Crippen molar-refractivity contribution < 1.29 is 8.78 Å². The molecule has 0 amide bonds. The third-order valence-electron chi connectivity index (χ3n) is 1.69. The van der Waals surface area contributed by atoms with Gasteiger partial charge in [-0.05, 0) is 19.4 Å². The summed E-state index contributed by atoms with van der Waals surface area (Å²) in [7, 11) is 0. The molecule has 0 saturated heterocycles. The third kappa shape index (κ3) is 2.15. The van der Waals surface area contributed by atoms with E-state index in [1.54, 1.807) is 19.1 Å². The highest BCUT2D eigenvalue weighted by atomic mass is 127. The molecule has 0 spiro atoms. The number of rotatable bonds is 1. The topological polar surface area (TPSA) is 0 Å². The van der Waals surface area contributed by atoms with E-state index in [4.69, 9.17) is 0 Å². The summed E-state index contributed by atoms with van der Waals surface area (Å²) in [6.07, 6.45) is 0. The van der Waals surface area contributed by atoms with E-state index < -0.39 is 3.93 Å². The molecule has 0 nitrogen and oxygen atoms in total. The van der Waals surface area contributed by atoms with Crippen LogP contribution in [0.2, 0.25) is 0 Å². The molecular weight excluding hydrogens is 273 g/mol. The van der Waals surface area contributed by atoms with Crippen LogP contribution in [0.1, 0.15) is 16.7 Å². The lowest BCUT2D eigenvalue weighted by atomic mass is 10.1. The molecule has 0 bridgehead atoms. The summed E-state index contributed by atoms with van der Waals surface area (Å²) in [5.41, 5.74) is 1.76. The van der Waals surface area contributed by atoms with Gasteiger partial charge in [0.1, 0.15) is 0 Å². The van der Waals surface area contributed by atoms with Gasteiger partial charge >= 0.3 is 3.93 Å². The van der Waals surface area contributed by atoms with Crippen LogP contribution in [0.3, 0.4) is 0 Å². The minimum absolute atomic E-state index is 0.105. The van der Waals surface area contributed by atoms with Crippen molar-refractivity contribution in [3.05, 3.63) is 34.9 Å². The zero-order valence-corrected chi connectivity index (χ0v) is 9.02. The molecule has 0 aliphatic heterocycles. The molecule has 0 aliphatic rings. The fourth-order valence-corrected chi connectivity index (χ4v) is 1.74. The van der Waals surface area contributed by atoms with E-state index in [0.29, 0.717) is 5.56 Å². The number of hydrogen-bond donors (Lipinski definition) is 0. The Morgan fingerprint density at radius 3 is 2.25 bits per heavy atom. The van der Waals surface area contributed by atoms with E-state index in [2.05, 4.69) is 0 Å². The molecule has 0 unspecified atom stereocenters. The average molecular weight is 282 g/mol. The second-order valence-corrected chi connectivity index (χ2v) is 4.17. The zero-order chi connectivity index (χ0) is 9.35. The van der Waals surface area contributed by atoms with Gasteiger partial charge < -0.3 is 0 Å². The maximum Gasteiger partial charge on any atom is 0.321 e. The van der Waals surface area contributed by atoms with Gasteiger partial charge in [0.05, 0.1) is 0 Å². The summed E-state index contributed by atoms with van der Waals surface area (Å²) in [6.45, 7) is 3.59. The Morgan fingerprint density at radius 2 is 1.83 bits per heavy atom. The lowest BCUT2D eigenvalue weighted by molar-refractivity contribution is 0.127. The van der Waals surface area contributed by atoms with Gasteiger partial charge in [0, 0.05) is 28.2 Å². The molecule has 12 heavy (non-hydrogen) atoms. The first-order chi connectivity index (χ1) is 5.41. The molecule has 1 rings (SSSR count). The Kier molecular flexibility index (Phi) is 2.70. The molecule has 0 N–H and O–H groups in total. The molecule has 66 valence electrons. The maximum atomic E-state index is 12.8. The molecule has 3 heteroatoms. The molecule has 0 fully saturated rings. The van der Waals surface area contributed by atoms with Gasteiger partial charge in [-0.2, -0.15) is 8.78 Å². The van der Waals surface area contributed by atoms with Crippen LogP contribution < -0.4 is 0 Å². The number of hydrogen-bond acceptors (Lipinski definition) is 0. The summed E-state index contributed by atoms with van der Waals surface area (Å²) in [5, 5.41) is 0. The fourth-order valence-electron chi connectivity index (χ4n) is 1.13. The summed E-state index contributed by atoms with van der Waals surface area (Å²) >= 11 is 1.15. The first-order valence-corrected chi connectivity index (χ1v) is 4.63. The molecule has 1 aromatic carbocycles. The Morgan fingerprint density at radius 1 is 1.25 bits per heavy atom. The Balaban J connectivity index is 3.19. The van der Waals surface area contributed by atoms with Crippen LogP contribution in [-0.2, 0) is 3.93 Å². The van der Waals surface area contributed by atoms with Crippen molar-refractivity contribution in [3.63, 3.8) is 0 Å². The monoisotopic (exact) mass is 282 g/mol. The molecule has 0 saturated carbocycles. The van der Waals surface area contributed by atoms with Gasteiger partial charge in [-0.1, -0.05) is 23.8 Å². The number of aryl methyl sites for hydroxylation is 2. The standard InChI is InChI=1S/C9H9F2I/c1-6-3-4-8(7(2)5-6)9(10,11)12/h3-5H,1-2H3. The lowest BCUT2D eigenvalue weighted by Gasteiger charge is -2.11. The summed E-state index contributed by atoms with van der Waals surface area (Å²) < 4.78 is 22.9. The van der Waals surface area contributed by atoms with Crippen molar-refractivity contribution in [2.24, 2.45) is 0 Å². The Hall–Kier alpha value is -0.190. The van der Waals surface area contributed by atoms with Gasteiger partial charge in [-0.3, -0.25) is 0 Å². The van der Waals surface area contributed by atoms with Crippen LogP contribution in [0.4, 0.5) is 8.78 Å². The van der Waals surface area contributed by atoms with Crippen molar-refractivity contribution in [2.75, 3.05) is 0 Å². The second kappa shape index (κ2) is 3.28. The van der Waals surface area contributed by atoms with Crippen LogP contribution in [-0.4, -0.2) is 0 Å². The van der Waals surface area contributed by atoms with Gasteiger partial charge in [-0.25, -0.2) is 0 Å². The molecule has 0 aromatic heterocycles. The maximum absolute atomic E-state index is 12.8. The highest BCUT2D eigenvalue weighted by Crippen LogP contribution is 2.37. The number of halogens is 3. The van der Waals surface area contributed by atoms with Crippen molar-refractivity contribution in [2.45, 2.75) is 17.8 Å². The highest BCUT2D eigenvalue weighted by molar-refractivity contribution is 14.1. The predicted octanol–water partition coefficient (Wildman–Crippen LogP) is 3.79. The van der Waals surface area contributed by atoms with E-state index in [1.165, 1.54) is 6.07 Å². The van der Waals surface area contributed by atoms with Crippen molar-refractivity contribution in [3.8, 4) is 0 Å². The van der Waals surface area contributed by atoms with Gasteiger partial charge in [-0.15, -0.1) is 0 Å². The molecule has 0 atom stereocenters. The van der Waals surface area contributed by atoms with E-state index in [1.807, 2.05) is 6.92 Å².